The molecule has 0 saturated heterocycles. The first kappa shape index (κ1) is 25.0. The first-order chi connectivity index (χ1) is 12.6. The summed E-state index contributed by atoms with van der Waals surface area (Å²) in [7, 11) is 2.76. The lowest BCUT2D eigenvalue weighted by atomic mass is 10.0. The molecule has 0 fully saturated rings. The van der Waals surface area contributed by atoms with E-state index < -0.39 is 42.3 Å². The highest BCUT2D eigenvalue weighted by Crippen LogP contribution is 2.17. The number of carbonyl (C=O) groups excluding carboxylic acids is 4. The van der Waals surface area contributed by atoms with Crippen LogP contribution in [0.3, 0.4) is 0 Å². The van der Waals surface area contributed by atoms with Crippen molar-refractivity contribution in [3.8, 4) is 0 Å². The molecular weight excluding hydrogens is 362 g/mol. The van der Waals surface area contributed by atoms with Crippen LogP contribution in [0.25, 0.3) is 0 Å². The molecule has 0 bridgehead atoms. The Morgan fingerprint density at radius 2 is 1.41 bits per heavy atom. The molecule has 0 radical (unpaired) electrons. The lowest BCUT2D eigenvalue weighted by Crippen LogP contribution is -2.57. The Morgan fingerprint density at radius 1 is 0.815 bits per heavy atom. The van der Waals surface area contributed by atoms with E-state index in [1.54, 1.807) is 0 Å². The van der Waals surface area contributed by atoms with Crippen LogP contribution in [-0.4, -0.2) is 82.0 Å². The Balaban J connectivity index is 5.73. The first-order valence-corrected chi connectivity index (χ1v) is 8.34. The third kappa shape index (κ3) is 10.6. The van der Waals surface area contributed by atoms with Crippen LogP contribution in [-0.2, 0) is 42.9 Å². The average molecular weight is 391 g/mol. The van der Waals surface area contributed by atoms with Crippen LogP contribution in [0.4, 0.5) is 0 Å². The number of methoxy groups -OCH3 is 2. The summed E-state index contributed by atoms with van der Waals surface area (Å²) in [6.45, 7) is 4.75. The van der Waals surface area contributed by atoms with Gasteiger partial charge in [-0.05, 0) is 6.92 Å². The van der Waals surface area contributed by atoms with Crippen molar-refractivity contribution < 1.29 is 42.9 Å². The van der Waals surface area contributed by atoms with E-state index >= 15 is 0 Å². The van der Waals surface area contributed by atoms with Crippen molar-refractivity contribution in [1.82, 2.24) is 5.32 Å². The van der Waals surface area contributed by atoms with Crippen molar-refractivity contribution in [1.29, 1.82) is 0 Å². The number of rotatable bonds is 13. The van der Waals surface area contributed by atoms with Crippen LogP contribution >= 0.6 is 0 Å². The number of Topliss-reactive ketones (excluding diaryl/α,β-unsaturated/α-hetero) is 1. The average Bonchev–Trinajstić information content (AvgIpc) is 2.53. The van der Waals surface area contributed by atoms with E-state index in [1.165, 1.54) is 41.9 Å². The van der Waals surface area contributed by atoms with E-state index in [9.17, 15) is 19.2 Å². The monoisotopic (exact) mass is 391 g/mol. The van der Waals surface area contributed by atoms with Gasteiger partial charge in [0, 0.05) is 35.0 Å². The quantitative estimate of drug-likeness (QED) is 0.328. The summed E-state index contributed by atoms with van der Waals surface area (Å²) < 4.78 is 26.1. The van der Waals surface area contributed by atoms with Crippen LogP contribution < -0.4 is 5.32 Å². The van der Waals surface area contributed by atoms with E-state index in [4.69, 9.17) is 23.7 Å². The minimum Gasteiger partial charge on any atom is -0.464 e. The third-order valence-electron chi connectivity index (χ3n) is 3.39. The van der Waals surface area contributed by atoms with Crippen molar-refractivity contribution in [3.63, 3.8) is 0 Å². The fourth-order valence-corrected chi connectivity index (χ4v) is 2.39. The molecule has 10 nitrogen and oxygen atoms in total. The maximum Gasteiger partial charge on any atom is 0.303 e. The highest BCUT2D eigenvalue weighted by atomic mass is 16.6. The van der Waals surface area contributed by atoms with Gasteiger partial charge in [0.25, 0.3) is 0 Å². The highest BCUT2D eigenvalue weighted by molar-refractivity contribution is 5.77. The molecule has 27 heavy (non-hydrogen) atoms. The number of ketones is 1. The van der Waals surface area contributed by atoms with Gasteiger partial charge >= 0.3 is 17.9 Å². The predicted molar refractivity (Wildman–Crippen MR) is 92.9 cm³/mol. The second-order valence-electron chi connectivity index (χ2n) is 5.87. The molecule has 156 valence electrons. The molecule has 1 N–H and O–H groups in total. The van der Waals surface area contributed by atoms with Gasteiger partial charge in [-0.25, -0.2) is 0 Å². The van der Waals surface area contributed by atoms with Crippen LogP contribution in [0.5, 0.6) is 0 Å². The molecule has 4 atom stereocenters. The number of esters is 3. The molecule has 0 heterocycles. The van der Waals surface area contributed by atoms with Crippen molar-refractivity contribution in [2.24, 2.45) is 0 Å². The molecular formula is C17H29NO9. The minimum absolute atomic E-state index is 0.0250. The fraction of sp³-hybridized carbons (Fsp3) is 0.765. The van der Waals surface area contributed by atoms with Gasteiger partial charge in [0.1, 0.15) is 18.5 Å². The molecule has 10 heteroatoms. The van der Waals surface area contributed by atoms with E-state index in [0.717, 1.165) is 0 Å². The summed E-state index contributed by atoms with van der Waals surface area (Å²) in [5.74, 6) is -1.92. The second kappa shape index (κ2) is 13.2. The number of hydrogen-bond acceptors (Lipinski definition) is 10. The zero-order chi connectivity index (χ0) is 21.0. The third-order valence-corrected chi connectivity index (χ3v) is 3.39. The van der Waals surface area contributed by atoms with Gasteiger partial charge < -0.3 is 29.0 Å². The Hall–Kier alpha value is -2.04. The zero-order valence-electron chi connectivity index (χ0n) is 16.6. The molecule has 0 aromatic heterocycles. The number of hydrogen-bond donors (Lipinski definition) is 1. The van der Waals surface area contributed by atoms with Gasteiger partial charge in [0.2, 0.25) is 0 Å². The molecule has 0 aromatic carbocycles. The van der Waals surface area contributed by atoms with E-state index in [0.29, 0.717) is 0 Å². The lowest BCUT2D eigenvalue weighted by Gasteiger charge is -2.35. The maximum absolute atomic E-state index is 11.6. The van der Waals surface area contributed by atoms with E-state index in [1.807, 2.05) is 0 Å². The Labute approximate surface area is 158 Å². The van der Waals surface area contributed by atoms with Gasteiger partial charge in [-0.2, -0.15) is 0 Å². The highest BCUT2D eigenvalue weighted by Gasteiger charge is 2.40. The molecule has 0 spiro atoms. The standard InChI is InChI=1S/C17H29NO9/c1-10(19)7-18-14(8-25-11(2)20)16(27-13(4)22)17(24-6)15(9-23-5)26-12(3)21/h14-18H,7-9H2,1-6H3. The van der Waals surface area contributed by atoms with Gasteiger partial charge in [0.15, 0.2) is 12.2 Å². The summed E-state index contributed by atoms with van der Waals surface area (Å²) in [5.41, 5.74) is 0. The van der Waals surface area contributed by atoms with Crippen LogP contribution in [0, 0.1) is 0 Å². The fourth-order valence-electron chi connectivity index (χ4n) is 2.39. The Morgan fingerprint density at radius 3 is 1.81 bits per heavy atom. The number of nitrogens with one attached hydrogen (secondary N) is 1. The Kier molecular flexibility index (Phi) is 12.2. The normalized spacial score (nSPS) is 15.2. The Bertz CT molecular complexity index is 491. The van der Waals surface area contributed by atoms with Crippen molar-refractivity contribution in [2.75, 3.05) is 34.0 Å². The number of ether oxygens (including phenoxy) is 5. The SMILES string of the molecule is COCC(OC(C)=O)C(OC)C(OC(C)=O)C(COC(C)=O)NCC(C)=O. The molecule has 0 aromatic rings. The van der Waals surface area contributed by atoms with Gasteiger partial charge in [-0.1, -0.05) is 0 Å². The maximum atomic E-state index is 11.6. The van der Waals surface area contributed by atoms with Crippen molar-refractivity contribution in [3.05, 3.63) is 0 Å². The number of carbonyl (C=O) groups is 4. The zero-order valence-corrected chi connectivity index (χ0v) is 16.6. The van der Waals surface area contributed by atoms with Crippen molar-refractivity contribution in [2.45, 2.75) is 52.0 Å². The molecule has 4 unspecified atom stereocenters. The second-order valence-corrected chi connectivity index (χ2v) is 5.87. The van der Waals surface area contributed by atoms with E-state index in [-0.39, 0.29) is 25.5 Å². The molecule has 0 aliphatic carbocycles. The molecule has 0 aliphatic rings. The van der Waals surface area contributed by atoms with Crippen molar-refractivity contribution >= 4 is 23.7 Å². The van der Waals surface area contributed by atoms with E-state index in [2.05, 4.69) is 5.32 Å². The summed E-state index contributed by atoms with van der Waals surface area (Å²) in [4.78, 5) is 45.6. The summed E-state index contributed by atoms with van der Waals surface area (Å²) in [6, 6.07) is -0.790. The van der Waals surface area contributed by atoms with Crippen LogP contribution in [0.15, 0.2) is 0 Å². The van der Waals surface area contributed by atoms with Crippen LogP contribution in [0.2, 0.25) is 0 Å². The molecule has 0 aliphatic heterocycles. The summed E-state index contributed by atoms with van der Waals surface area (Å²) in [6.07, 6.45) is -2.88. The molecule has 0 rings (SSSR count). The van der Waals surface area contributed by atoms with Gasteiger partial charge in [-0.3, -0.25) is 19.2 Å². The topological polar surface area (TPSA) is 126 Å². The van der Waals surface area contributed by atoms with Gasteiger partial charge in [0.05, 0.1) is 19.2 Å². The molecule has 0 amide bonds. The smallest absolute Gasteiger partial charge is 0.303 e. The minimum atomic E-state index is -1.04. The first-order valence-electron chi connectivity index (χ1n) is 8.34. The van der Waals surface area contributed by atoms with Crippen LogP contribution in [0.1, 0.15) is 27.7 Å². The predicted octanol–water partition coefficient (Wildman–Crippen LogP) is -0.378. The van der Waals surface area contributed by atoms with Gasteiger partial charge in [-0.15, -0.1) is 0 Å². The summed E-state index contributed by atoms with van der Waals surface area (Å²) in [5, 5.41) is 2.88. The molecule has 0 saturated carbocycles. The largest absolute Gasteiger partial charge is 0.464 e. The lowest BCUT2D eigenvalue weighted by molar-refractivity contribution is -0.180. The summed E-state index contributed by atoms with van der Waals surface area (Å²) >= 11 is 0.